The molecule has 0 saturated carbocycles. The molecule has 0 amide bonds. The molecular formula is C27H27NOS. The van der Waals surface area contributed by atoms with E-state index in [4.69, 9.17) is 10.5 Å². The molecule has 0 heterocycles. The average molecular weight is 414 g/mol. The fourth-order valence-corrected chi connectivity index (χ4v) is 4.45. The maximum absolute atomic E-state index is 6.58. The van der Waals surface area contributed by atoms with Gasteiger partial charge in [0.1, 0.15) is 5.75 Å². The number of thioether (sulfide) groups is 1. The molecule has 4 aromatic rings. The molecule has 4 rings (SSSR count). The maximum Gasteiger partial charge on any atom is 0.129 e. The zero-order chi connectivity index (χ0) is 20.9. The van der Waals surface area contributed by atoms with E-state index in [1.54, 1.807) is 11.8 Å². The predicted molar refractivity (Wildman–Crippen MR) is 131 cm³/mol. The monoisotopic (exact) mass is 413 g/mol. The van der Waals surface area contributed by atoms with Crippen LogP contribution in [0.2, 0.25) is 0 Å². The zero-order valence-corrected chi connectivity index (χ0v) is 18.3. The Morgan fingerprint density at radius 2 is 1.50 bits per heavy atom. The third-order valence-electron chi connectivity index (χ3n) is 5.35. The number of nitrogen functional groups attached to an aromatic ring is 1. The largest absolute Gasteiger partial charge is 0.493 e. The third-order valence-corrected chi connectivity index (χ3v) is 6.13. The van der Waals surface area contributed by atoms with Crippen LogP contribution in [-0.2, 0) is 0 Å². The van der Waals surface area contributed by atoms with E-state index in [2.05, 4.69) is 79.9 Å². The summed E-state index contributed by atoms with van der Waals surface area (Å²) in [4.78, 5) is 1.23. The quantitative estimate of drug-likeness (QED) is 0.192. The summed E-state index contributed by atoms with van der Waals surface area (Å²) in [6.07, 6.45) is 4.25. The Morgan fingerprint density at radius 3 is 2.13 bits per heavy atom. The number of rotatable bonds is 7. The highest BCUT2D eigenvalue weighted by molar-refractivity contribution is 7.98. The summed E-state index contributed by atoms with van der Waals surface area (Å²) in [5, 5.41) is 2.24. The maximum atomic E-state index is 6.58. The lowest BCUT2D eigenvalue weighted by molar-refractivity contribution is 0.313. The van der Waals surface area contributed by atoms with E-state index < -0.39 is 0 Å². The van der Waals surface area contributed by atoms with Crippen LogP contribution in [0.4, 0.5) is 5.69 Å². The minimum absolute atomic E-state index is 0.695. The van der Waals surface area contributed by atoms with Crippen molar-refractivity contribution >= 4 is 28.2 Å². The minimum Gasteiger partial charge on any atom is -0.493 e. The summed E-state index contributed by atoms with van der Waals surface area (Å²) in [5.41, 5.74) is 12.0. The van der Waals surface area contributed by atoms with Gasteiger partial charge in [0.2, 0.25) is 0 Å². The lowest BCUT2D eigenvalue weighted by Crippen LogP contribution is -2.00. The van der Waals surface area contributed by atoms with Crippen molar-refractivity contribution in [2.45, 2.75) is 24.7 Å². The van der Waals surface area contributed by atoms with Gasteiger partial charge in [0.25, 0.3) is 0 Å². The molecule has 0 aromatic heterocycles. The van der Waals surface area contributed by atoms with Crippen LogP contribution >= 0.6 is 11.8 Å². The van der Waals surface area contributed by atoms with Crippen LogP contribution in [0.3, 0.4) is 0 Å². The van der Waals surface area contributed by atoms with Crippen LogP contribution in [0.15, 0.2) is 83.8 Å². The molecule has 0 aliphatic carbocycles. The molecule has 2 N–H and O–H groups in total. The van der Waals surface area contributed by atoms with E-state index >= 15 is 0 Å². The number of nitrogens with two attached hydrogens (primary N) is 1. The predicted octanol–water partition coefficient (Wildman–Crippen LogP) is 7.66. The van der Waals surface area contributed by atoms with Gasteiger partial charge in [-0.3, -0.25) is 0 Å². The molecule has 0 bridgehead atoms. The van der Waals surface area contributed by atoms with E-state index in [-0.39, 0.29) is 0 Å². The first kappa shape index (κ1) is 20.4. The van der Waals surface area contributed by atoms with E-state index in [9.17, 15) is 0 Å². The third kappa shape index (κ3) is 4.03. The molecule has 152 valence electrons. The molecule has 0 spiro atoms. The second-order valence-corrected chi connectivity index (χ2v) is 8.22. The second-order valence-electron chi connectivity index (χ2n) is 7.37. The summed E-state index contributed by atoms with van der Waals surface area (Å²) in [6.45, 7) is 2.87. The highest BCUT2D eigenvalue weighted by Crippen LogP contribution is 2.44. The van der Waals surface area contributed by atoms with Crippen molar-refractivity contribution in [1.82, 2.24) is 0 Å². The van der Waals surface area contributed by atoms with E-state index in [1.807, 2.05) is 12.1 Å². The first-order chi connectivity index (χ1) is 14.7. The Kier molecular flexibility index (Phi) is 6.29. The minimum atomic E-state index is 0.695. The van der Waals surface area contributed by atoms with Gasteiger partial charge in [-0.2, -0.15) is 0 Å². The number of ether oxygens (including phenoxy) is 1. The molecule has 0 aliphatic heterocycles. The lowest BCUT2D eigenvalue weighted by Gasteiger charge is -2.18. The topological polar surface area (TPSA) is 35.2 Å². The van der Waals surface area contributed by atoms with Crippen LogP contribution in [-0.4, -0.2) is 12.9 Å². The van der Waals surface area contributed by atoms with Gasteiger partial charge in [-0.1, -0.05) is 74.0 Å². The fourth-order valence-electron chi connectivity index (χ4n) is 3.82. The molecule has 4 aromatic carbocycles. The summed E-state index contributed by atoms with van der Waals surface area (Å²) in [6, 6.07) is 27.5. The molecule has 0 unspecified atom stereocenters. The standard InChI is InChI=1S/C27H27NOS/c1-3-4-15-29-25-18-24(28)27(20-13-9-6-10-14-20)23-17-26(30-2)21(16-22(23)25)19-11-7-5-8-12-19/h5-14,16-18H,3-4,15,28H2,1-2H3. The number of hydrogen-bond donors (Lipinski definition) is 1. The van der Waals surface area contributed by atoms with Gasteiger partial charge >= 0.3 is 0 Å². The molecule has 0 radical (unpaired) electrons. The SMILES string of the molecule is CCCCOc1cc(N)c(-c2ccccc2)c2cc(SC)c(-c3ccccc3)cc12. The smallest absolute Gasteiger partial charge is 0.129 e. The number of fused-ring (bicyclic) bond motifs is 1. The Balaban J connectivity index is 2.00. The molecule has 3 heteroatoms. The average Bonchev–Trinajstić information content (AvgIpc) is 2.79. The highest BCUT2D eigenvalue weighted by atomic mass is 32.2. The highest BCUT2D eigenvalue weighted by Gasteiger charge is 2.17. The summed E-state index contributed by atoms with van der Waals surface area (Å²) >= 11 is 1.76. The molecule has 0 atom stereocenters. The number of unbranched alkanes of at least 4 members (excludes halogenated alkanes) is 1. The van der Waals surface area contributed by atoms with E-state index in [0.717, 1.165) is 46.2 Å². The van der Waals surface area contributed by atoms with Crippen LogP contribution in [0.1, 0.15) is 19.8 Å². The Hall–Kier alpha value is -2.91. The van der Waals surface area contributed by atoms with Crippen molar-refractivity contribution in [2.24, 2.45) is 0 Å². The zero-order valence-electron chi connectivity index (χ0n) is 17.5. The van der Waals surface area contributed by atoms with Crippen LogP contribution in [0, 0.1) is 0 Å². The Morgan fingerprint density at radius 1 is 0.833 bits per heavy atom. The molecule has 0 fully saturated rings. The molecular weight excluding hydrogens is 386 g/mol. The van der Waals surface area contributed by atoms with Crippen molar-refractivity contribution in [3.05, 3.63) is 78.9 Å². The van der Waals surface area contributed by atoms with Gasteiger partial charge in [0, 0.05) is 27.6 Å². The fraction of sp³-hybridized carbons (Fsp3) is 0.185. The first-order valence-electron chi connectivity index (χ1n) is 10.4. The van der Waals surface area contributed by atoms with Crippen LogP contribution in [0.25, 0.3) is 33.0 Å². The molecule has 30 heavy (non-hydrogen) atoms. The lowest BCUT2D eigenvalue weighted by atomic mass is 9.93. The van der Waals surface area contributed by atoms with Crippen molar-refractivity contribution in [1.29, 1.82) is 0 Å². The van der Waals surface area contributed by atoms with Crippen LogP contribution < -0.4 is 10.5 Å². The van der Waals surface area contributed by atoms with Crippen molar-refractivity contribution in [3.63, 3.8) is 0 Å². The number of benzene rings is 4. The molecule has 0 saturated heterocycles. The van der Waals surface area contributed by atoms with Gasteiger partial charge in [-0.05, 0) is 46.9 Å². The first-order valence-corrected chi connectivity index (χ1v) is 11.6. The van der Waals surface area contributed by atoms with E-state index in [1.165, 1.54) is 16.0 Å². The van der Waals surface area contributed by atoms with E-state index in [0.29, 0.717) is 6.61 Å². The Bertz CT molecular complexity index is 1140. The number of anilines is 1. The summed E-state index contributed by atoms with van der Waals surface area (Å²) < 4.78 is 6.21. The van der Waals surface area contributed by atoms with Crippen molar-refractivity contribution < 1.29 is 4.74 Å². The molecule has 2 nitrogen and oxygen atoms in total. The second kappa shape index (κ2) is 9.27. The Labute approximate surface area is 183 Å². The van der Waals surface area contributed by atoms with Gasteiger partial charge in [0.05, 0.1) is 6.61 Å². The summed E-state index contributed by atoms with van der Waals surface area (Å²) in [7, 11) is 0. The van der Waals surface area contributed by atoms with Crippen molar-refractivity contribution in [2.75, 3.05) is 18.6 Å². The van der Waals surface area contributed by atoms with Gasteiger partial charge in [-0.15, -0.1) is 11.8 Å². The van der Waals surface area contributed by atoms with Gasteiger partial charge in [0.15, 0.2) is 0 Å². The van der Waals surface area contributed by atoms with Crippen molar-refractivity contribution in [3.8, 4) is 28.0 Å². The van der Waals surface area contributed by atoms with Gasteiger partial charge in [-0.25, -0.2) is 0 Å². The van der Waals surface area contributed by atoms with Gasteiger partial charge < -0.3 is 10.5 Å². The molecule has 0 aliphatic rings. The van der Waals surface area contributed by atoms with Crippen LogP contribution in [0.5, 0.6) is 5.75 Å². The number of hydrogen-bond acceptors (Lipinski definition) is 3. The summed E-state index contributed by atoms with van der Waals surface area (Å²) in [5.74, 6) is 0.862. The normalized spacial score (nSPS) is 11.0.